The van der Waals surface area contributed by atoms with Crippen LogP contribution in [0.15, 0.2) is 22.6 Å². The lowest BCUT2D eigenvalue weighted by molar-refractivity contribution is 0.0481. The lowest BCUT2D eigenvalue weighted by atomic mass is 9.84. The van der Waals surface area contributed by atoms with Crippen molar-refractivity contribution in [3.63, 3.8) is 0 Å². The predicted molar refractivity (Wildman–Crippen MR) is 112 cm³/mol. The first kappa shape index (κ1) is 21.3. The maximum absolute atomic E-state index is 12.2. The quantitative estimate of drug-likeness (QED) is 0.763. The molecule has 0 unspecified atom stereocenters. The van der Waals surface area contributed by atoms with E-state index >= 15 is 0 Å². The number of nitrogens with one attached hydrogen (secondary N) is 1. The minimum atomic E-state index is -0.514. The van der Waals surface area contributed by atoms with Gasteiger partial charge in [-0.25, -0.2) is 4.79 Å². The van der Waals surface area contributed by atoms with Crippen LogP contribution in [0.1, 0.15) is 80.8 Å². The summed E-state index contributed by atoms with van der Waals surface area (Å²) in [5.74, 6) is 1.32. The number of hydrogen-bond donors (Lipinski definition) is 1. The van der Waals surface area contributed by atoms with E-state index in [2.05, 4.69) is 47.6 Å². The molecule has 6 heteroatoms. The Morgan fingerprint density at radius 3 is 2.48 bits per heavy atom. The SMILES string of the molecule is Cc1cc(C)cc(CCc2nnc([C@@H]3CCCC[C@H]3NC(=O)OC(C)(C)C)o2)c1. The number of amides is 1. The molecule has 6 nitrogen and oxygen atoms in total. The van der Waals surface area contributed by atoms with Crippen LogP contribution in [0.3, 0.4) is 0 Å². The fourth-order valence-corrected chi connectivity index (χ4v) is 4.04. The van der Waals surface area contributed by atoms with E-state index in [0.29, 0.717) is 18.2 Å². The number of carbonyl (C=O) groups excluding carboxylic acids is 1. The first-order valence-corrected chi connectivity index (χ1v) is 10.6. The van der Waals surface area contributed by atoms with Crippen LogP contribution in [0.25, 0.3) is 0 Å². The first-order valence-electron chi connectivity index (χ1n) is 10.6. The normalized spacial score (nSPS) is 19.8. The number of benzene rings is 1. The molecule has 1 N–H and O–H groups in total. The van der Waals surface area contributed by atoms with Crippen LogP contribution in [-0.2, 0) is 17.6 Å². The van der Waals surface area contributed by atoms with Gasteiger partial charge in [-0.15, -0.1) is 10.2 Å². The minimum Gasteiger partial charge on any atom is -0.444 e. The zero-order valence-electron chi connectivity index (χ0n) is 18.2. The number of aromatic nitrogens is 2. The molecule has 1 aromatic carbocycles. The van der Waals surface area contributed by atoms with Gasteiger partial charge in [-0.2, -0.15) is 0 Å². The third kappa shape index (κ3) is 6.31. The molecule has 1 heterocycles. The topological polar surface area (TPSA) is 77.2 Å². The van der Waals surface area contributed by atoms with E-state index < -0.39 is 5.60 Å². The highest BCUT2D eigenvalue weighted by Gasteiger charge is 2.33. The molecule has 2 atom stereocenters. The summed E-state index contributed by atoms with van der Waals surface area (Å²) in [6.07, 6.45) is 5.19. The predicted octanol–water partition coefficient (Wildman–Crippen LogP) is 5.02. The summed E-state index contributed by atoms with van der Waals surface area (Å²) in [5, 5.41) is 11.6. The molecule has 0 radical (unpaired) electrons. The smallest absolute Gasteiger partial charge is 0.407 e. The van der Waals surface area contributed by atoms with Crippen molar-refractivity contribution in [2.45, 2.75) is 90.7 Å². The van der Waals surface area contributed by atoms with E-state index in [1.54, 1.807) is 0 Å². The number of carbonyl (C=O) groups is 1. The fourth-order valence-electron chi connectivity index (χ4n) is 4.04. The van der Waals surface area contributed by atoms with E-state index in [1.807, 2.05) is 20.8 Å². The van der Waals surface area contributed by atoms with Crippen molar-refractivity contribution in [2.75, 3.05) is 0 Å². The molecule has 1 aliphatic carbocycles. The number of hydrogen-bond acceptors (Lipinski definition) is 5. The third-order valence-corrected chi connectivity index (χ3v) is 5.18. The second-order valence-corrected chi connectivity index (χ2v) is 9.17. The number of nitrogens with zero attached hydrogens (tertiary/aromatic N) is 2. The Morgan fingerprint density at radius 1 is 1.10 bits per heavy atom. The molecule has 3 rings (SSSR count). The molecule has 29 heavy (non-hydrogen) atoms. The number of rotatable bonds is 5. The Balaban J connectivity index is 1.63. The highest BCUT2D eigenvalue weighted by molar-refractivity contribution is 5.68. The van der Waals surface area contributed by atoms with Crippen LogP contribution >= 0.6 is 0 Å². The van der Waals surface area contributed by atoms with Crippen LogP contribution in [0.2, 0.25) is 0 Å². The summed E-state index contributed by atoms with van der Waals surface area (Å²) in [7, 11) is 0. The Hall–Kier alpha value is -2.37. The number of ether oxygens (including phenoxy) is 1. The minimum absolute atomic E-state index is 0.0358. The summed E-state index contributed by atoms with van der Waals surface area (Å²) in [6, 6.07) is 6.54. The van der Waals surface area contributed by atoms with E-state index in [1.165, 1.54) is 16.7 Å². The molecule has 0 aliphatic heterocycles. The Labute approximate surface area is 173 Å². The molecule has 0 bridgehead atoms. The molecular formula is C23H33N3O3. The van der Waals surface area contributed by atoms with Gasteiger partial charge in [0, 0.05) is 12.5 Å². The summed E-state index contributed by atoms with van der Waals surface area (Å²) in [4.78, 5) is 12.2. The van der Waals surface area contributed by atoms with E-state index in [9.17, 15) is 4.79 Å². The lowest BCUT2D eigenvalue weighted by Gasteiger charge is -2.30. The van der Waals surface area contributed by atoms with Crippen molar-refractivity contribution in [1.29, 1.82) is 0 Å². The van der Waals surface area contributed by atoms with Crippen molar-refractivity contribution in [1.82, 2.24) is 15.5 Å². The second-order valence-electron chi connectivity index (χ2n) is 9.17. The molecule has 0 spiro atoms. The van der Waals surface area contributed by atoms with Gasteiger partial charge in [0.05, 0.1) is 5.92 Å². The van der Waals surface area contributed by atoms with Crippen LogP contribution in [0, 0.1) is 13.8 Å². The van der Waals surface area contributed by atoms with Crippen molar-refractivity contribution in [3.8, 4) is 0 Å². The fraction of sp³-hybridized carbons (Fsp3) is 0.609. The molecule has 158 valence electrons. The monoisotopic (exact) mass is 399 g/mol. The van der Waals surface area contributed by atoms with Crippen molar-refractivity contribution in [3.05, 3.63) is 46.7 Å². The summed E-state index contributed by atoms with van der Waals surface area (Å²) >= 11 is 0. The van der Waals surface area contributed by atoms with Crippen molar-refractivity contribution >= 4 is 6.09 Å². The van der Waals surface area contributed by atoms with E-state index in [4.69, 9.17) is 9.15 Å². The highest BCUT2D eigenvalue weighted by Crippen LogP contribution is 2.32. The van der Waals surface area contributed by atoms with Gasteiger partial charge < -0.3 is 14.5 Å². The Kier molecular flexibility index (Phi) is 6.60. The van der Waals surface area contributed by atoms with Gasteiger partial charge in [0.15, 0.2) is 0 Å². The molecule has 1 saturated carbocycles. The average Bonchev–Trinajstić information content (AvgIpc) is 3.07. The van der Waals surface area contributed by atoms with Gasteiger partial charge in [0.1, 0.15) is 5.60 Å². The number of alkyl carbamates (subject to hydrolysis) is 1. The zero-order valence-corrected chi connectivity index (χ0v) is 18.2. The first-order chi connectivity index (χ1) is 13.7. The Morgan fingerprint density at radius 2 is 1.79 bits per heavy atom. The summed E-state index contributed by atoms with van der Waals surface area (Å²) in [5.41, 5.74) is 3.30. The average molecular weight is 400 g/mol. The van der Waals surface area contributed by atoms with Gasteiger partial charge in [-0.1, -0.05) is 42.2 Å². The van der Waals surface area contributed by atoms with Crippen LogP contribution in [-0.4, -0.2) is 27.9 Å². The molecule has 1 aliphatic rings. The number of aryl methyl sites for hydroxylation is 4. The molecule has 1 amide bonds. The van der Waals surface area contributed by atoms with Gasteiger partial charge in [-0.3, -0.25) is 0 Å². The lowest BCUT2D eigenvalue weighted by Crippen LogP contribution is -2.43. The van der Waals surface area contributed by atoms with Crippen LogP contribution < -0.4 is 5.32 Å². The second kappa shape index (κ2) is 8.97. The van der Waals surface area contributed by atoms with E-state index in [0.717, 1.165) is 32.1 Å². The maximum Gasteiger partial charge on any atom is 0.407 e. The molecule has 1 fully saturated rings. The summed E-state index contributed by atoms with van der Waals surface area (Å²) in [6.45, 7) is 9.82. The van der Waals surface area contributed by atoms with Crippen LogP contribution in [0.4, 0.5) is 4.79 Å². The summed E-state index contributed by atoms with van der Waals surface area (Å²) < 4.78 is 11.4. The molecule has 2 aromatic rings. The molecule has 0 saturated heterocycles. The molecule has 1 aromatic heterocycles. The molecular weight excluding hydrogens is 366 g/mol. The third-order valence-electron chi connectivity index (χ3n) is 5.18. The van der Waals surface area contributed by atoms with Gasteiger partial charge in [0.2, 0.25) is 11.8 Å². The van der Waals surface area contributed by atoms with Gasteiger partial charge >= 0.3 is 6.09 Å². The van der Waals surface area contributed by atoms with Crippen molar-refractivity contribution < 1.29 is 13.9 Å². The standard InChI is InChI=1S/C23H33N3O3/c1-15-12-16(2)14-17(13-15)10-11-20-25-26-21(28-20)18-8-6-7-9-19(18)24-22(27)29-23(3,4)5/h12-14,18-19H,6-11H2,1-5H3,(H,24,27)/t18-,19-/m1/s1. The Bertz CT molecular complexity index is 818. The highest BCUT2D eigenvalue weighted by atomic mass is 16.6. The zero-order chi connectivity index (χ0) is 21.0. The largest absolute Gasteiger partial charge is 0.444 e. The maximum atomic E-state index is 12.2. The van der Waals surface area contributed by atoms with Gasteiger partial charge in [0.25, 0.3) is 0 Å². The van der Waals surface area contributed by atoms with Crippen molar-refractivity contribution in [2.24, 2.45) is 0 Å². The van der Waals surface area contributed by atoms with Crippen LogP contribution in [0.5, 0.6) is 0 Å². The van der Waals surface area contributed by atoms with E-state index in [-0.39, 0.29) is 18.1 Å². The van der Waals surface area contributed by atoms with Gasteiger partial charge in [-0.05, 0) is 59.4 Å².